The molecule has 1 amide bonds. The molecule has 0 saturated carbocycles. The van der Waals surface area contributed by atoms with Crippen molar-refractivity contribution in [1.82, 2.24) is 4.90 Å². The average Bonchev–Trinajstić information content (AvgIpc) is 2.81. The summed E-state index contributed by atoms with van der Waals surface area (Å²) in [5.41, 5.74) is 1.16. The number of aryl methyl sites for hydroxylation is 1. The minimum atomic E-state index is -3.66. The average molecular weight is 332 g/mol. The van der Waals surface area contributed by atoms with Crippen LogP contribution in [-0.4, -0.2) is 44.7 Å². The highest BCUT2D eigenvalue weighted by Crippen LogP contribution is 2.21. The molecule has 0 N–H and O–H groups in total. The van der Waals surface area contributed by atoms with Gasteiger partial charge < -0.3 is 9.64 Å². The zero-order valence-electron chi connectivity index (χ0n) is 11.8. The van der Waals surface area contributed by atoms with Crippen LogP contribution in [0.25, 0.3) is 0 Å². The highest BCUT2D eigenvalue weighted by molar-refractivity contribution is 8.14. The highest BCUT2D eigenvalue weighted by Gasteiger charge is 2.36. The molecule has 1 unspecified atom stereocenters. The molecule has 0 aromatic heterocycles. The maximum Gasteiger partial charge on any atom is 0.237 e. The van der Waals surface area contributed by atoms with E-state index in [2.05, 4.69) is 0 Å². The van der Waals surface area contributed by atoms with E-state index in [0.29, 0.717) is 6.54 Å². The Kier molecular flexibility index (Phi) is 5.11. The fourth-order valence-electron chi connectivity index (χ4n) is 2.41. The number of likely N-dealkylation sites (tertiary alicyclic amines) is 1. The van der Waals surface area contributed by atoms with Gasteiger partial charge in [0.15, 0.2) is 0 Å². The van der Waals surface area contributed by atoms with Crippen LogP contribution in [0, 0.1) is 0 Å². The van der Waals surface area contributed by atoms with Gasteiger partial charge in [0.25, 0.3) is 0 Å². The number of halogens is 1. The summed E-state index contributed by atoms with van der Waals surface area (Å²) in [5, 5.41) is -0.771. The van der Waals surface area contributed by atoms with E-state index in [1.165, 1.54) is 0 Å². The van der Waals surface area contributed by atoms with Gasteiger partial charge in [-0.25, -0.2) is 8.42 Å². The van der Waals surface area contributed by atoms with Gasteiger partial charge in [-0.2, -0.15) is 0 Å². The largest absolute Gasteiger partial charge is 0.497 e. The Bertz CT molecular complexity index is 600. The molecular weight excluding hydrogens is 314 g/mol. The first kappa shape index (κ1) is 16.1. The van der Waals surface area contributed by atoms with Crippen LogP contribution in [0.4, 0.5) is 0 Å². The molecule has 1 aromatic rings. The number of hydrogen-bond acceptors (Lipinski definition) is 4. The minimum Gasteiger partial charge on any atom is -0.497 e. The number of benzene rings is 1. The SMILES string of the molecule is COc1ccc(CCCN2CC(S(=O)(=O)Cl)CC2=O)cc1. The summed E-state index contributed by atoms with van der Waals surface area (Å²) < 4.78 is 27.6. The molecule has 116 valence electrons. The normalized spacial score (nSPS) is 19.0. The second-order valence-electron chi connectivity index (χ2n) is 5.09. The van der Waals surface area contributed by atoms with Gasteiger partial charge in [-0.15, -0.1) is 0 Å². The van der Waals surface area contributed by atoms with Gasteiger partial charge in [-0.1, -0.05) is 12.1 Å². The van der Waals surface area contributed by atoms with E-state index in [1.807, 2.05) is 24.3 Å². The van der Waals surface area contributed by atoms with E-state index in [9.17, 15) is 13.2 Å². The third-order valence-corrected chi connectivity index (χ3v) is 5.50. The van der Waals surface area contributed by atoms with Crippen molar-refractivity contribution in [3.63, 3.8) is 0 Å². The fraction of sp³-hybridized carbons (Fsp3) is 0.500. The molecule has 1 atom stereocenters. The lowest BCUT2D eigenvalue weighted by molar-refractivity contribution is -0.127. The van der Waals surface area contributed by atoms with E-state index >= 15 is 0 Å². The molecule has 0 bridgehead atoms. The van der Waals surface area contributed by atoms with Crippen LogP contribution >= 0.6 is 10.7 Å². The van der Waals surface area contributed by atoms with Crippen molar-refractivity contribution < 1.29 is 17.9 Å². The molecule has 21 heavy (non-hydrogen) atoms. The van der Waals surface area contributed by atoms with E-state index in [0.717, 1.165) is 24.2 Å². The Balaban J connectivity index is 1.82. The summed E-state index contributed by atoms with van der Waals surface area (Å²) in [5.74, 6) is 0.669. The van der Waals surface area contributed by atoms with Gasteiger partial charge >= 0.3 is 0 Å². The lowest BCUT2D eigenvalue weighted by Crippen LogP contribution is -2.28. The van der Waals surface area contributed by atoms with Crippen LogP contribution in [0.2, 0.25) is 0 Å². The van der Waals surface area contributed by atoms with E-state index in [-0.39, 0.29) is 18.9 Å². The minimum absolute atomic E-state index is 0.00559. The molecule has 0 aliphatic carbocycles. The van der Waals surface area contributed by atoms with E-state index < -0.39 is 14.3 Å². The first-order chi connectivity index (χ1) is 9.90. The van der Waals surface area contributed by atoms with Gasteiger partial charge in [0.1, 0.15) is 11.0 Å². The third-order valence-electron chi connectivity index (χ3n) is 3.63. The molecule has 7 heteroatoms. The van der Waals surface area contributed by atoms with Crippen molar-refractivity contribution in [2.24, 2.45) is 0 Å². The predicted octanol–water partition coefficient (Wildman–Crippen LogP) is 1.80. The maximum atomic E-state index is 11.7. The quantitative estimate of drug-likeness (QED) is 0.746. The zero-order chi connectivity index (χ0) is 15.5. The number of rotatable bonds is 6. The number of nitrogens with zero attached hydrogens (tertiary/aromatic N) is 1. The first-order valence-electron chi connectivity index (χ1n) is 6.74. The third kappa shape index (κ3) is 4.35. The van der Waals surface area contributed by atoms with Crippen molar-refractivity contribution in [3.05, 3.63) is 29.8 Å². The van der Waals surface area contributed by atoms with Crippen LogP contribution in [-0.2, 0) is 20.3 Å². The van der Waals surface area contributed by atoms with Crippen LogP contribution < -0.4 is 4.74 Å². The number of ether oxygens (including phenoxy) is 1. The molecular formula is C14H18ClNO4S. The number of amides is 1. The van der Waals surface area contributed by atoms with Crippen molar-refractivity contribution in [2.75, 3.05) is 20.2 Å². The van der Waals surface area contributed by atoms with Gasteiger partial charge in [0, 0.05) is 30.2 Å². The lowest BCUT2D eigenvalue weighted by Gasteiger charge is -2.15. The Morgan fingerprint density at radius 3 is 2.52 bits per heavy atom. The molecule has 5 nitrogen and oxygen atoms in total. The van der Waals surface area contributed by atoms with E-state index in [4.69, 9.17) is 15.4 Å². The molecule has 1 aromatic carbocycles. The molecule has 2 rings (SSSR count). The zero-order valence-corrected chi connectivity index (χ0v) is 13.4. The molecule has 1 heterocycles. The summed E-state index contributed by atoms with van der Waals surface area (Å²) in [6, 6.07) is 7.76. The summed E-state index contributed by atoms with van der Waals surface area (Å²) in [7, 11) is 3.27. The Labute approximate surface area is 129 Å². The second-order valence-corrected chi connectivity index (χ2v) is 8.00. The van der Waals surface area contributed by atoms with E-state index in [1.54, 1.807) is 12.0 Å². The Hall–Kier alpha value is -1.27. The lowest BCUT2D eigenvalue weighted by atomic mass is 10.1. The van der Waals surface area contributed by atoms with Crippen LogP contribution in [0.3, 0.4) is 0 Å². The summed E-state index contributed by atoms with van der Waals surface area (Å²) in [4.78, 5) is 13.3. The monoisotopic (exact) mass is 331 g/mol. The Morgan fingerprint density at radius 2 is 2.00 bits per heavy atom. The molecule has 1 aliphatic heterocycles. The number of carbonyl (C=O) groups excluding carboxylic acids is 1. The van der Waals surface area contributed by atoms with Crippen molar-refractivity contribution in [3.8, 4) is 5.75 Å². The smallest absolute Gasteiger partial charge is 0.237 e. The van der Waals surface area contributed by atoms with Gasteiger partial charge in [0.05, 0.1) is 7.11 Å². The number of carbonyl (C=O) groups is 1. The summed E-state index contributed by atoms with van der Waals surface area (Å²) in [6.45, 7) is 0.751. The van der Waals surface area contributed by atoms with Crippen LogP contribution in [0.5, 0.6) is 5.75 Å². The molecule has 1 aliphatic rings. The van der Waals surface area contributed by atoms with Crippen molar-refractivity contribution >= 4 is 25.6 Å². The molecule has 1 fully saturated rings. The number of hydrogen-bond donors (Lipinski definition) is 0. The second kappa shape index (κ2) is 6.66. The summed E-state index contributed by atoms with van der Waals surface area (Å²) in [6.07, 6.45) is 1.60. The molecule has 0 spiro atoms. The van der Waals surface area contributed by atoms with Crippen molar-refractivity contribution in [2.45, 2.75) is 24.5 Å². The standard InChI is InChI=1S/C14H18ClNO4S/c1-20-12-6-4-11(5-7-12)3-2-8-16-10-13(9-14(16)17)21(15,18)19/h4-7,13H,2-3,8-10H2,1H3. The predicted molar refractivity (Wildman–Crippen MR) is 81.1 cm³/mol. The van der Waals surface area contributed by atoms with Gasteiger partial charge in [-0.05, 0) is 30.5 Å². The number of methoxy groups -OCH3 is 1. The van der Waals surface area contributed by atoms with Crippen LogP contribution in [0.1, 0.15) is 18.4 Å². The van der Waals surface area contributed by atoms with Crippen molar-refractivity contribution in [1.29, 1.82) is 0 Å². The fourth-order valence-corrected chi connectivity index (χ4v) is 3.46. The van der Waals surface area contributed by atoms with Crippen LogP contribution in [0.15, 0.2) is 24.3 Å². The van der Waals surface area contributed by atoms with Gasteiger partial charge in [0.2, 0.25) is 15.0 Å². The topological polar surface area (TPSA) is 63.7 Å². The summed E-state index contributed by atoms with van der Waals surface area (Å²) >= 11 is 0. The first-order valence-corrected chi connectivity index (χ1v) is 9.11. The maximum absolute atomic E-state index is 11.7. The molecule has 0 radical (unpaired) electrons. The van der Waals surface area contributed by atoms with Gasteiger partial charge in [-0.3, -0.25) is 4.79 Å². The Morgan fingerprint density at radius 1 is 1.33 bits per heavy atom. The molecule has 1 saturated heterocycles. The highest BCUT2D eigenvalue weighted by atomic mass is 35.7.